The summed E-state index contributed by atoms with van der Waals surface area (Å²) in [7, 11) is 1.99. The number of carbonyl (C=O) groups is 1. The second kappa shape index (κ2) is 4.77. The smallest absolute Gasteiger partial charge is 0.217 e. The minimum absolute atomic E-state index is 0.0265. The molecule has 1 saturated heterocycles. The first kappa shape index (κ1) is 12.2. The van der Waals surface area contributed by atoms with E-state index >= 15 is 0 Å². The molecule has 1 amide bonds. The van der Waals surface area contributed by atoms with Crippen molar-refractivity contribution in [1.29, 1.82) is 0 Å². The second-order valence-electron chi connectivity index (χ2n) is 4.52. The molecular formula is C11H20N2O2. The number of hydrogen-bond acceptors (Lipinski definition) is 3. The summed E-state index contributed by atoms with van der Waals surface area (Å²) in [6.45, 7) is 6.85. The molecule has 0 aromatic rings. The monoisotopic (exact) mass is 212 g/mol. The van der Waals surface area contributed by atoms with Gasteiger partial charge < -0.3 is 15.3 Å². The van der Waals surface area contributed by atoms with E-state index in [1.54, 1.807) is 0 Å². The first-order valence-corrected chi connectivity index (χ1v) is 5.22. The zero-order valence-corrected chi connectivity index (χ0v) is 9.49. The Morgan fingerprint density at radius 1 is 1.80 bits per heavy atom. The number of amides is 1. The minimum Gasteiger partial charge on any atom is -0.394 e. The Morgan fingerprint density at radius 3 is 2.93 bits per heavy atom. The van der Waals surface area contributed by atoms with Gasteiger partial charge in [0.25, 0.3) is 0 Å². The van der Waals surface area contributed by atoms with Gasteiger partial charge in [-0.1, -0.05) is 6.08 Å². The third kappa shape index (κ3) is 3.04. The van der Waals surface area contributed by atoms with Crippen molar-refractivity contribution in [2.45, 2.75) is 18.9 Å². The van der Waals surface area contributed by atoms with Crippen molar-refractivity contribution in [1.82, 2.24) is 10.2 Å². The van der Waals surface area contributed by atoms with Crippen LogP contribution in [0.1, 0.15) is 13.3 Å². The van der Waals surface area contributed by atoms with Crippen LogP contribution in [0.5, 0.6) is 0 Å². The molecule has 4 heteroatoms. The molecule has 0 aromatic heterocycles. The molecule has 86 valence electrons. The summed E-state index contributed by atoms with van der Waals surface area (Å²) in [6.07, 6.45) is 2.65. The lowest BCUT2D eigenvalue weighted by atomic mass is 9.83. The highest BCUT2D eigenvalue weighted by molar-refractivity contribution is 5.73. The van der Waals surface area contributed by atoms with Gasteiger partial charge in [0.1, 0.15) is 0 Å². The van der Waals surface area contributed by atoms with Crippen LogP contribution in [0.25, 0.3) is 0 Å². The Kier molecular flexibility index (Phi) is 3.88. The topological polar surface area (TPSA) is 52.6 Å². The van der Waals surface area contributed by atoms with Crippen LogP contribution in [0.3, 0.4) is 0 Å². The quantitative estimate of drug-likeness (QED) is 0.647. The normalized spacial score (nSPS) is 32.3. The van der Waals surface area contributed by atoms with Gasteiger partial charge in [-0.25, -0.2) is 0 Å². The van der Waals surface area contributed by atoms with Crippen LogP contribution < -0.4 is 5.32 Å². The number of piperidine rings is 1. The van der Waals surface area contributed by atoms with E-state index in [4.69, 9.17) is 0 Å². The molecule has 2 N–H and O–H groups in total. The predicted molar refractivity (Wildman–Crippen MR) is 59.4 cm³/mol. The first-order chi connectivity index (χ1) is 7.01. The van der Waals surface area contributed by atoms with Crippen LogP contribution in [-0.4, -0.2) is 48.2 Å². The number of aliphatic hydroxyl groups excluding tert-OH is 1. The molecule has 1 heterocycles. The van der Waals surface area contributed by atoms with E-state index in [1.807, 2.05) is 13.1 Å². The lowest BCUT2D eigenvalue weighted by molar-refractivity contribution is -0.122. The van der Waals surface area contributed by atoms with Crippen molar-refractivity contribution in [2.75, 3.05) is 26.7 Å². The molecule has 0 bridgehead atoms. The highest BCUT2D eigenvalue weighted by Crippen LogP contribution is 2.25. The SMILES string of the molecule is C=C[C@@H]1CN(C)C[C@](CO)(NC(C)=O)C1. The molecule has 0 saturated carbocycles. The predicted octanol–water partition coefficient (Wildman–Crippen LogP) is -0.00870. The summed E-state index contributed by atoms with van der Waals surface area (Å²) in [5, 5.41) is 12.3. The maximum absolute atomic E-state index is 11.1. The van der Waals surface area contributed by atoms with Gasteiger partial charge in [0, 0.05) is 20.0 Å². The number of likely N-dealkylation sites (tertiary alicyclic amines) is 1. The van der Waals surface area contributed by atoms with E-state index in [1.165, 1.54) is 6.92 Å². The highest BCUT2D eigenvalue weighted by atomic mass is 16.3. The first-order valence-electron chi connectivity index (χ1n) is 5.22. The van der Waals surface area contributed by atoms with Gasteiger partial charge in [-0.05, 0) is 19.4 Å². The van der Waals surface area contributed by atoms with Crippen LogP contribution in [0, 0.1) is 5.92 Å². The Bertz CT molecular complexity index is 255. The molecule has 0 aromatic carbocycles. The number of rotatable bonds is 3. The average molecular weight is 212 g/mol. The van der Waals surface area contributed by atoms with E-state index in [0.717, 1.165) is 13.0 Å². The summed E-state index contributed by atoms with van der Waals surface area (Å²) >= 11 is 0. The van der Waals surface area contributed by atoms with Gasteiger partial charge in [0.05, 0.1) is 12.1 Å². The number of nitrogens with one attached hydrogen (secondary N) is 1. The fourth-order valence-electron chi connectivity index (χ4n) is 2.39. The molecule has 0 radical (unpaired) electrons. The van der Waals surface area contributed by atoms with E-state index in [0.29, 0.717) is 12.5 Å². The fraction of sp³-hybridized carbons (Fsp3) is 0.727. The van der Waals surface area contributed by atoms with E-state index in [2.05, 4.69) is 16.8 Å². The molecular weight excluding hydrogens is 192 g/mol. The summed E-state index contributed by atoms with van der Waals surface area (Å²) in [6, 6.07) is 0. The molecule has 15 heavy (non-hydrogen) atoms. The molecule has 1 aliphatic heterocycles. The van der Waals surface area contributed by atoms with Gasteiger partial charge in [-0.2, -0.15) is 0 Å². The lowest BCUT2D eigenvalue weighted by Gasteiger charge is -2.43. The standard InChI is InChI=1S/C11H20N2O2/c1-4-10-5-11(8-14,12-9(2)15)7-13(3)6-10/h4,10,14H,1,5-8H2,2-3H3,(H,12,15)/t10-,11+/m0/s1. The largest absolute Gasteiger partial charge is 0.394 e. The van der Waals surface area contributed by atoms with Crippen molar-refractivity contribution in [3.63, 3.8) is 0 Å². The lowest BCUT2D eigenvalue weighted by Crippen LogP contribution is -2.61. The Labute approximate surface area is 91.0 Å². The Morgan fingerprint density at radius 2 is 2.47 bits per heavy atom. The number of aliphatic hydroxyl groups is 1. The van der Waals surface area contributed by atoms with Crippen molar-refractivity contribution in [3.8, 4) is 0 Å². The third-order valence-electron chi connectivity index (χ3n) is 2.85. The average Bonchev–Trinajstić information content (AvgIpc) is 2.15. The van der Waals surface area contributed by atoms with Crippen LogP contribution in [0.15, 0.2) is 12.7 Å². The zero-order valence-electron chi connectivity index (χ0n) is 9.49. The molecule has 0 aliphatic carbocycles. The highest BCUT2D eigenvalue weighted by Gasteiger charge is 2.37. The molecule has 1 aliphatic rings. The van der Waals surface area contributed by atoms with Gasteiger partial charge in [0.15, 0.2) is 0 Å². The van der Waals surface area contributed by atoms with Crippen LogP contribution in [0.4, 0.5) is 0 Å². The van der Waals surface area contributed by atoms with E-state index in [-0.39, 0.29) is 12.5 Å². The van der Waals surface area contributed by atoms with Gasteiger partial charge in [-0.15, -0.1) is 6.58 Å². The van der Waals surface area contributed by atoms with Crippen LogP contribution >= 0.6 is 0 Å². The molecule has 0 spiro atoms. The summed E-state index contributed by atoms with van der Waals surface area (Å²) in [5.74, 6) is 0.227. The summed E-state index contributed by atoms with van der Waals surface area (Å²) in [5.41, 5.74) is -0.502. The summed E-state index contributed by atoms with van der Waals surface area (Å²) in [4.78, 5) is 13.2. The molecule has 0 unspecified atom stereocenters. The minimum atomic E-state index is -0.502. The number of likely N-dealkylation sites (N-methyl/N-ethyl adjacent to an activating group) is 1. The van der Waals surface area contributed by atoms with Crippen molar-refractivity contribution in [3.05, 3.63) is 12.7 Å². The van der Waals surface area contributed by atoms with Crippen LogP contribution in [-0.2, 0) is 4.79 Å². The number of nitrogens with zero attached hydrogens (tertiary/aromatic N) is 1. The second-order valence-corrected chi connectivity index (χ2v) is 4.52. The third-order valence-corrected chi connectivity index (χ3v) is 2.85. The zero-order chi connectivity index (χ0) is 11.5. The number of carbonyl (C=O) groups excluding carboxylic acids is 1. The molecule has 1 rings (SSSR count). The van der Waals surface area contributed by atoms with Crippen LogP contribution in [0.2, 0.25) is 0 Å². The van der Waals surface area contributed by atoms with E-state index < -0.39 is 5.54 Å². The van der Waals surface area contributed by atoms with Gasteiger partial charge >= 0.3 is 0 Å². The van der Waals surface area contributed by atoms with Crippen molar-refractivity contribution in [2.24, 2.45) is 5.92 Å². The molecule has 1 fully saturated rings. The maximum atomic E-state index is 11.1. The maximum Gasteiger partial charge on any atom is 0.217 e. The summed E-state index contributed by atoms with van der Waals surface area (Å²) < 4.78 is 0. The van der Waals surface area contributed by atoms with E-state index in [9.17, 15) is 9.90 Å². The van der Waals surface area contributed by atoms with Crippen molar-refractivity contribution < 1.29 is 9.90 Å². The van der Waals surface area contributed by atoms with Crippen molar-refractivity contribution >= 4 is 5.91 Å². The Balaban J connectivity index is 2.77. The Hall–Kier alpha value is -0.870. The molecule has 2 atom stereocenters. The van der Waals surface area contributed by atoms with Gasteiger partial charge in [0.2, 0.25) is 5.91 Å². The fourth-order valence-corrected chi connectivity index (χ4v) is 2.39. The molecule has 4 nitrogen and oxygen atoms in total. The number of hydrogen-bond donors (Lipinski definition) is 2. The van der Waals surface area contributed by atoms with Gasteiger partial charge in [-0.3, -0.25) is 4.79 Å².